The van der Waals surface area contributed by atoms with Crippen LogP contribution in [0.15, 0.2) is 41.6 Å². The highest BCUT2D eigenvalue weighted by Gasteiger charge is 2.37. The number of piperidine rings is 1. The van der Waals surface area contributed by atoms with Gasteiger partial charge in [-0.15, -0.1) is 10.2 Å². The first-order valence-electron chi connectivity index (χ1n) is 13.3. The normalized spacial score (nSPS) is 19.5. The minimum absolute atomic E-state index is 0.150. The fourth-order valence-electron chi connectivity index (χ4n) is 5.62. The molecule has 1 fully saturated rings. The van der Waals surface area contributed by atoms with E-state index in [2.05, 4.69) is 26.2 Å². The van der Waals surface area contributed by atoms with Crippen molar-refractivity contribution in [2.75, 3.05) is 18.0 Å². The number of pyridine rings is 3. The summed E-state index contributed by atoms with van der Waals surface area (Å²) >= 11 is 0. The number of alkyl halides is 3. The summed E-state index contributed by atoms with van der Waals surface area (Å²) < 4.78 is 56.7. The predicted octanol–water partition coefficient (Wildman–Crippen LogP) is 4.51. The van der Waals surface area contributed by atoms with Gasteiger partial charge in [0.25, 0.3) is 0 Å². The van der Waals surface area contributed by atoms with Gasteiger partial charge in [0.05, 0.1) is 22.7 Å². The first-order valence-corrected chi connectivity index (χ1v) is 14.4. The summed E-state index contributed by atoms with van der Waals surface area (Å²) in [6, 6.07) is 9.43. The zero-order chi connectivity index (χ0) is 28.9. The Kier molecular flexibility index (Phi) is 6.99. The number of rotatable bonds is 4. The third kappa shape index (κ3) is 5.06. The van der Waals surface area contributed by atoms with Crippen molar-refractivity contribution in [2.24, 2.45) is 0 Å². The Balaban J connectivity index is 1.30. The summed E-state index contributed by atoms with van der Waals surface area (Å²) in [6.07, 6.45) is 1.74. The van der Waals surface area contributed by atoms with E-state index in [1.165, 1.54) is 12.4 Å². The van der Waals surface area contributed by atoms with Crippen molar-refractivity contribution in [1.82, 2.24) is 28.9 Å². The lowest BCUT2D eigenvalue weighted by atomic mass is 10.0. The van der Waals surface area contributed by atoms with Gasteiger partial charge in [-0.2, -0.15) is 18.4 Å². The molecule has 0 amide bonds. The van der Waals surface area contributed by atoms with Gasteiger partial charge in [-0.05, 0) is 68.0 Å². The Morgan fingerprint density at radius 1 is 1.17 bits per heavy atom. The van der Waals surface area contributed by atoms with Crippen molar-refractivity contribution in [3.05, 3.63) is 76.1 Å². The van der Waals surface area contributed by atoms with E-state index in [0.717, 1.165) is 52.7 Å². The van der Waals surface area contributed by atoms with Gasteiger partial charge in [0.1, 0.15) is 22.9 Å². The average molecular weight is 581 g/mol. The predicted molar refractivity (Wildman–Crippen MR) is 145 cm³/mol. The molecule has 0 N–H and O–H groups in total. The Hall–Kier alpha value is -3.89. The summed E-state index contributed by atoms with van der Waals surface area (Å²) in [5.41, 5.74) is 4.37. The second-order valence-electron chi connectivity index (χ2n) is 10.5. The summed E-state index contributed by atoms with van der Waals surface area (Å²) in [6.45, 7) is 5.42. The minimum Gasteiger partial charge on any atom is -0.351 e. The molecule has 41 heavy (non-hydrogen) atoms. The van der Waals surface area contributed by atoms with E-state index in [1.54, 1.807) is 19.1 Å². The molecule has 0 aromatic carbocycles. The van der Waals surface area contributed by atoms with E-state index in [9.17, 15) is 22.6 Å². The second kappa shape index (κ2) is 10.5. The minimum atomic E-state index is -4.60. The third-order valence-electron chi connectivity index (χ3n) is 7.85. The number of nitrogens with zero attached hydrogens (tertiary/aromatic N) is 8. The Morgan fingerprint density at radius 2 is 2.00 bits per heavy atom. The monoisotopic (exact) mass is 580 g/mol. The zero-order valence-corrected chi connectivity index (χ0v) is 23.3. The number of aromatic nitrogens is 5. The fraction of sp³-hybridized carbons (Fsp3) is 0.393. The molecular formula is C28H27F3N8OS. The maximum atomic E-state index is 13.9. The van der Waals surface area contributed by atoms with Crippen molar-refractivity contribution in [1.29, 1.82) is 5.26 Å². The highest BCUT2D eigenvalue weighted by Crippen LogP contribution is 2.34. The number of nitriles is 1. The van der Waals surface area contributed by atoms with E-state index in [4.69, 9.17) is 4.98 Å². The average Bonchev–Trinajstić information content (AvgIpc) is 3.37. The van der Waals surface area contributed by atoms with Crippen molar-refractivity contribution < 1.29 is 17.4 Å². The van der Waals surface area contributed by atoms with Crippen LogP contribution in [0.1, 0.15) is 58.7 Å². The largest absolute Gasteiger partial charge is 0.452 e. The molecule has 2 atom stereocenters. The molecule has 6 heterocycles. The first-order chi connectivity index (χ1) is 19.6. The molecule has 9 nitrogen and oxygen atoms in total. The molecule has 2 aliphatic heterocycles. The van der Waals surface area contributed by atoms with Gasteiger partial charge in [0, 0.05) is 43.6 Å². The molecule has 0 spiro atoms. The van der Waals surface area contributed by atoms with Crippen molar-refractivity contribution >= 4 is 22.5 Å². The van der Waals surface area contributed by atoms with Crippen LogP contribution in [-0.4, -0.2) is 52.2 Å². The smallest absolute Gasteiger partial charge is 0.351 e. The zero-order valence-electron chi connectivity index (χ0n) is 22.5. The number of fused-ring (bicyclic) bond motifs is 4. The van der Waals surface area contributed by atoms with Gasteiger partial charge in [0.15, 0.2) is 5.65 Å². The Labute approximate surface area is 237 Å². The Morgan fingerprint density at radius 3 is 2.78 bits per heavy atom. The molecule has 212 valence electrons. The van der Waals surface area contributed by atoms with Crippen LogP contribution in [0.2, 0.25) is 0 Å². The Bertz CT molecular complexity index is 1710. The van der Waals surface area contributed by atoms with Crippen LogP contribution in [0.25, 0.3) is 5.65 Å². The van der Waals surface area contributed by atoms with Crippen LogP contribution in [0.3, 0.4) is 0 Å². The summed E-state index contributed by atoms with van der Waals surface area (Å²) in [4.78, 5) is 12.2. The number of halogens is 3. The van der Waals surface area contributed by atoms with Gasteiger partial charge in [-0.3, -0.25) is 9.38 Å². The van der Waals surface area contributed by atoms with Crippen LogP contribution in [0.5, 0.6) is 0 Å². The third-order valence-corrected chi connectivity index (χ3v) is 9.27. The van der Waals surface area contributed by atoms with Crippen LogP contribution >= 0.6 is 0 Å². The number of aryl methyl sites for hydroxylation is 2. The molecule has 4 aromatic heterocycles. The van der Waals surface area contributed by atoms with Crippen molar-refractivity contribution in [3.8, 4) is 6.07 Å². The van der Waals surface area contributed by atoms with Gasteiger partial charge in [-0.1, -0.05) is 6.07 Å². The van der Waals surface area contributed by atoms with E-state index < -0.39 is 23.0 Å². The van der Waals surface area contributed by atoms with Crippen LogP contribution in [0.4, 0.5) is 19.0 Å². The molecule has 0 aliphatic carbocycles. The molecule has 2 unspecified atom stereocenters. The highest BCUT2D eigenvalue weighted by molar-refractivity contribution is 7.82. The quantitative estimate of drug-likeness (QED) is 0.350. The first kappa shape index (κ1) is 27.3. The lowest BCUT2D eigenvalue weighted by molar-refractivity contribution is -0.145. The molecule has 6 rings (SSSR count). The maximum Gasteiger partial charge on any atom is 0.452 e. The van der Waals surface area contributed by atoms with Crippen molar-refractivity contribution in [2.45, 2.75) is 63.2 Å². The number of anilines is 1. The number of hydrogen-bond acceptors (Lipinski definition) is 7. The topological polar surface area (TPSA) is 103 Å². The van der Waals surface area contributed by atoms with E-state index in [-0.39, 0.29) is 11.7 Å². The van der Waals surface area contributed by atoms with Gasteiger partial charge < -0.3 is 4.90 Å². The highest BCUT2D eigenvalue weighted by atomic mass is 32.2. The van der Waals surface area contributed by atoms with E-state index in [1.807, 2.05) is 23.4 Å². The molecule has 4 aromatic rings. The molecule has 0 radical (unpaired) electrons. The van der Waals surface area contributed by atoms with Gasteiger partial charge in [-0.25, -0.2) is 13.5 Å². The lowest BCUT2D eigenvalue weighted by Crippen LogP contribution is -2.45. The lowest BCUT2D eigenvalue weighted by Gasteiger charge is -2.36. The van der Waals surface area contributed by atoms with Crippen LogP contribution < -0.4 is 4.90 Å². The molecule has 1 saturated heterocycles. The molecule has 0 saturated carbocycles. The van der Waals surface area contributed by atoms with E-state index in [0.29, 0.717) is 41.4 Å². The van der Waals surface area contributed by atoms with Crippen molar-refractivity contribution in [3.63, 3.8) is 0 Å². The fourth-order valence-corrected chi connectivity index (χ4v) is 7.00. The SMILES string of the molecule is Cc1ccc(Cc2ccn3c(C(F)(F)F)nnc3c2C)nc1CN1CC2CCCCN2c2ncc(C#N)cc2S1=O. The molecular weight excluding hydrogens is 553 g/mol. The van der Waals surface area contributed by atoms with Gasteiger partial charge in [0.2, 0.25) is 5.82 Å². The van der Waals surface area contributed by atoms with Gasteiger partial charge >= 0.3 is 6.18 Å². The maximum absolute atomic E-state index is 13.9. The molecule has 0 bridgehead atoms. The number of hydrogen-bond donors (Lipinski definition) is 0. The summed E-state index contributed by atoms with van der Waals surface area (Å²) in [5, 5.41) is 16.6. The summed E-state index contributed by atoms with van der Waals surface area (Å²) in [5.74, 6) is -0.375. The second-order valence-corrected chi connectivity index (χ2v) is 12.0. The summed E-state index contributed by atoms with van der Waals surface area (Å²) in [7, 11) is -1.55. The molecule has 13 heteroatoms. The van der Waals surface area contributed by atoms with E-state index >= 15 is 0 Å². The van der Waals surface area contributed by atoms with Crippen LogP contribution in [0, 0.1) is 25.2 Å². The molecule has 2 aliphatic rings. The standard InChI is InChI=1S/C28H27F3N8OS/c1-17-6-7-21(12-20-8-10-39-25(18(20)2)35-36-27(39)28(29,30)31)34-23(17)16-37-15-22-5-3-4-9-38(22)26-24(41(37)40)11-19(13-32)14-33-26/h6-8,10-11,14,22H,3-5,9,12,15-16H2,1-2H3. The van der Waals surface area contributed by atoms with Crippen LogP contribution in [-0.2, 0) is 30.1 Å².